The second-order valence-electron chi connectivity index (χ2n) is 6.23. The number of rotatable bonds is 4. The lowest BCUT2D eigenvalue weighted by Crippen LogP contribution is -2.26. The summed E-state index contributed by atoms with van der Waals surface area (Å²) in [5, 5.41) is 0. The second kappa shape index (κ2) is 5.79. The number of hydrogen-bond acceptors (Lipinski definition) is 4. The van der Waals surface area contributed by atoms with E-state index >= 15 is 0 Å². The summed E-state index contributed by atoms with van der Waals surface area (Å²) in [6.45, 7) is 0.498. The smallest absolute Gasteiger partial charge is 0.243 e. The first-order chi connectivity index (χ1) is 11.5. The molecule has 0 radical (unpaired) electrons. The van der Waals surface area contributed by atoms with Crippen LogP contribution in [0.1, 0.15) is 23.1 Å². The molecule has 24 heavy (non-hydrogen) atoms. The van der Waals surface area contributed by atoms with Crippen molar-refractivity contribution in [3.8, 4) is 11.5 Å². The van der Waals surface area contributed by atoms with Gasteiger partial charge >= 0.3 is 0 Å². The molecule has 1 heterocycles. The van der Waals surface area contributed by atoms with Gasteiger partial charge in [-0.2, -0.15) is 4.31 Å². The van der Waals surface area contributed by atoms with Crippen LogP contribution < -0.4 is 9.47 Å². The van der Waals surface area contributed by atoms with Crippen LogP contribution in [-0.4, -0.2) is 26.6 Å². The Kier molecular flexibility index (Phi) is 3.73. The van der Waals surface area contributed by atoms with Gasteiger partial charge in [0.1, 0.15) is 0 Å². The lowest BCUT2D eigenvalue weighted by Gasteiger charge is -2.18. The number of benzene rings is 2. The predicted octanol–water partition coefficient (Wildman–Crippen LogP) is 2.72. The predicted molar refractivity (Wildman–Crippen MR) is 89.7 cm³/mol. The molecule has 0 saturated heterocycles. The molecule has 0 bridgehead atoms. The molecule has 0 amide bonds. The Bertz CT molecular complexity index is 892. The highest BCUT2D eigenvalue weighted by Crippen LogP contribution is 2.33. The Balaban J connectivity index is 1.57. The van der Waals surface area contributed by atoms with Gasteiger partial charge in [-0.1, -0.05) is 12.1 Å². The molecule has 2 aromatic rings. The quantitative estimate of drug-likeness (QED) is 0.855. The van der Waals surface area contributed by atoms with Crippen molar-refractivity contribution in [3.63, 3.8) is 0 Å². The molecule has 0 unspecified atom stereocenters. The number of sulfonamides is 1. The minimum absolute atomic E-state index is 0.210. The van der Waals surface area contributed by atoms with Crippen molar-refractivity contribution in [1.82, 2.24) is 4.31 Å². The minimum atomic E-state index is -3.51. The summed E-state index contributed by atoms with van der Waals surface area (Å²) < 4.78 is 37.7. The van der Waals surface area contributed by atoms with E-state index in [0.717, 1.165) is 30.4 Å². The summed E-state index contributed by atoms with van der Waals surface area (Å²) >= 11 is 0. The maximum Gasteiger partial charge on any atom is 0.243 e. The van der Waals surface area contributed by atoms with Crippen molar-refractivity contribution in [2.75, 3.05) is 13.8 Å². The summed E-state index contributed by atoms with van der Waals surface area (Å²) in [6.07, 6.45) is 3.11. The van der Waals surface area contributed by atoms with E-state index in [1.54, 1.807) is 13.1 Å². The van der Waals surface area contributed by atoms with Crippen LogP contribution in [-0.2, 0) is 29.4 Å². The number of fused-ring (bicyclic) bond motifs is 2. The van der Waals surface area contributed by atoms with Gasteiger partial charge in [0.25, 0.3) is 0 Å². The van der Waals surface area contributed by atoms with Gasteiger partial charge in [-0.25, -0.2) is 8.42 Å². The van der Waals surface area contributed by atoms with Crippen LogP contribution in [0.5, 0.6) is 11.5 Å². The largest absolute Gasteiger partial charge is 0.454 e. The first kappa shape index (κ1) is 15.5. The highest BCUT2D eigenvalue weighted by molar-refractivity contribution is 7.89. The third-order valence-electron chi connectivity index (χ3n) is 4.62. The summed E-state index contributed by atoms with van der Waals surface area (Å²) in [7, 11) is -1.91. The van der Waals surface area contributed by atoms with Gasteiger partial charge in [0.05, 0.1) is 4.90 Å². The normalized spacial score (nSPS) is 15.8. The first-order valence-corrected chi connectivity index (χ1v) is 9.45. The number of nitrogens with zero attached hydrogens (tertiary/aromatic N) is 1. The molecule has 126 valence electrons. The van der Waals surface area contributed by atoms with Crippen LogP contribution in [0.15, 0.2) is 41.3 Å². The van der Waals surface area contributed by atoms with Gasteiger partial charge in [-0.05, 0) is 60.2 Å². The van der Waals surface area contributed by atoms with Gasteiger partial charge in [0.15, 0.2) is 11.5 Å². The Morgan fingerprint density at radius 1 is 1.00 bits per heavy atom. The summed E-state index contributed by atoms with van der Waals surface area (Å²) in [5.41, 5.74) is 3.30. The molecule has 6 heteroatoms. The van der Waals surface area contributed by atoms with E-state index in [0.29, 0.717) is 16.4 Å². The van der Waals surface area contributed by atoms with Crippen LogP contribution in [0.25, 0.3) is 0 Å². The second-order valence-corrected chi connectivity index (χ2v) is 8.28. The molecule has 1 aliphatic carbocycles. The molecule has 0 saturated carbocycles. The van der Waals surface area contributed by atoms with Crippen molar-refractivity contribution in [1.29, 1.82) is 0 Å². The van der Waals surface area contributed by atoms with Gasteiger partial charge in [0.2, 0.25) is 16.8 Å². The lowest BCUT2D eigenvalue weighted by molar-refractivity contribution is 0.174. The highest BCUT2D eigenvalue weighted by Gasteiger charge is 2.24. The molecular weight excluding hydrogens is 326 g/mol. The molecule has 0 atom stereocenters. The first-order valence-electron chi connectivity index (χ1n) is 8.01. The molecule has 4 rings (SSSR count). The molecule has 5 nitrogen and oxygen atoms in total. The van der Waals surface area contributed by atoms with Crippen LogP contribution in [0.2, 0.25) is 0 Å². The Morgan fingerprint density at radius 2 is 1.79 bits per heavy atom. The molecule has 0 fully saturated rings. The number of aryl methyl sites for hydroxylation is 2. The zero-order valence-corrected chi connectivity index (χ0v) is 14.3. The topological polar surface area (TPSA) is 55.8 Å². The van der Waals surface area contributed by atoms with Crippen molar-refractivity contribution in [2.24, 2.45) is 0 Å². The van der Waals surface area contributed by atoms with E-state index in [-0.39, 0.29) is 13.3 Å². The van der Waals surface area contributed by atoms with E-state index in [9.17, 15) is 8.42 Å². The SMILES string of the molecule is CN(Cc1ccc2c(c1)OCO2)S(=O)(=O)c1ccc2c(c1)CCC2. The molecule has 0 N–H and O–H groups in total. The number of hydrogen-bond donors (Lipinski definition) is 0. The van der Waals surface area contributed by atoms with Crippen molar-refractivity contribution < 1.29 is 17.9 Å². The zero-order valence-electron chi connectivity index (χ0n) is 13.5. The number of ether oxygens (including phenoxy) is 2. The van der Waals surface area contributed by atoms with Gasteiger partial charge in [0, 0.05) is 13.6 Å². The maximum absolute atomic E-state index is 12.8. The molecular formula is C18H19NO4S. The van der Waals surface area contributed by atoms with Crippen LogP contribution >= 0.6 is 0 Å². The standard InChI is InChI=1S/C18H19NO4S/c1-19(11-13-5-8-17-18(9-13)23-12-22-17)24(20,21)16-7-6-14-3-2-4-15(14)10-16/h5-10H,2-4,11-12H2,1H3. The maximum atomic E-state index is 12.8. The average Bonchev–Trinajstić information content (AvgIpc) is 3.22. The third kappa shape index (κ3) is 2.65. The fourth-order valence-electron chi connectivity index (χ4n) is 3.27. The molecule has 2 aliphatic rings. The molecule has 0 aromatic heterocycles. The molecule has 0 spiro atoms. The summed E-state index contributed by atoms with van der Waals surface area (Å²) in [4.78, 5) is 0.367. The zero-order chi connectivity index (χ0) is 16.7. The Morgan fingerprint density at radius 3 is 2.67 bits per heavy atom. The van der Waals surface area contributed by atoms with Crippen LogP contribution in [0.3, 0.4) is 0 Å². The van der Waals surface area contributed by atoms with Crippen molar-refractivity contribution in [3.05, 3.63) is 53.1 Å². The van der Waals surface area contributed by atoms with E-state index in [4.69, 9.17) is 9.47 Å². The summed E-state index contributed by atoms with van der Waals surface area (Å²) in [6, 6.07) is 11.0. The fraction of sp³-hybridized carbons (Fsp3) is 0.333. The third-order valence-corrected chi connectivity index (χ3v) is 6.42. The van der Waals surface area contributed by atoms with Crippen molar-refractivity contribution >= 4 is 10.0 Å². The monoisotopic (exact) mass is 345 g/mol. The fourth-order valence-corrected chi connectivity index (χ4v) is 4.48. The van der Waals surface area contributed by atoms with Crippen molar-refractivity contribution in [2.45, 2.75) is 30.7 Å². The van der Waals surface area contributed by atoms with Crippen LogP contribution in [0, 0.1) is 0 Å². The average molecular weight is 345 g/mol. The van der Waals surface area contributed by atoms with Crippen LogP contribution in [0.4, 0.5) is 0 Å². The van der Waals surface area contributed by atoms with E-state index in [1.807, 2.05) is 30.3 Å². The molecule has 1 aliphatic heterocycles. The lowest BCUT2D eigenvalue weighted by atomic mass is 10.1. The van der Waals surface area contributed by atoms with Gasteiger partial charge < -0.3 is 9.47 Å². The van der Waals surface area contributed by atoms with E-state index in [1.165, 1.54) is 9.87 Å². The minimum Gasteiger partial charge on any atom is -0.454 e. The van der Waals surface area contributed by atoms with E-state index in [2.05, 4.69) is 0 Å². The summed E-state index contributed by atoms with van der Waals surface area (Å²) in [5.74, 6) is 1.36. The highest BCUT2D eigenvalue weighted by atomic mass is 32.2. The Hall–Kier alpha value is -2.05. The molecule has 2 aromatic carbocycles. The van der Waals surface area contributed by atoms with Gasteiger partial charge in [-0.15, -0.1) is 0 Å². The Labute approximate surface area is 141 Å². The van der Waals surface area contributed by atoms with E-state index < -0.39 is 10.0 Å². The van der Waals surface area contributed by atoms with Gasteiger partial charge in [-0.3, -0.25) is 0 Å².